The van der Waals surface area contributed by atoms with E-state index in [4.69, 9.17) is 5.73 Å². The molecule has 1 aromatic rings. The van der Waals surface area contributed by atoms with Gasteiger partial charge in [0.05, 0.1) is 4.90 Å². The molecule has 108 valence electrons. The van der Waals surface area contributed by atoms with Gasteiger partial charge in [-0.25, -0.2) is 13.1 Å². The minimum atomic E-state index is -3.43. The molecule has 19 heavy (non-hydrogen) atoms. The highest BCUT2D eigenvalue weighted by molar-refractivity contribution is 7.89. The van der Waals surface area contributed by atoms with Gasteiger partial charge in [-0.15, -0.1) is 12.4 Å². The van der Waals surface area contributed by atoms with Gasteiger partial charge in [0.15, 0.2) is 0 Å². The molecule has 1 atom stereocenters. The summed E-state index contributed by atoms with van der Waals surface area (Å²) in [4.78, 5) is 0.371. The average Bonchev–Trinajstić information content (AvgIpc) is 3.20. The number of sulfonamides is 1. The predicted molar refractivity (Wildman–Crippen MR) is 79.0 cm³/mol. The molecule has 1 saturated carbocycles. The Morgan fingerprint density at radius 1 is 1.37 bits per heavy atom. The third kappa shape index (κ3) is 4.18. The van der Waals surface area contributed by atoms with Crippen molar-refractivity contribution in [2.45, 2.75) is 37.1 Å². The van der Waals surface area contributed by atoms with Gasteiger partial charge in [-0.05, 0) is 36.8 Å². The van der Waals surface area contributed by atoms with Crippen molar-refractivity contribution < 1.29 is 8.42 Å². The Labute approximate surface area is 121 Å². The summed E-state index contributed by atoms with van der Waals surface area (Å²) < 4.78 is 27.0. The molecule has 0 aromatic heterocycles. The summed E-state index contributed by atoms with van der Waals surface area (Å²) in [6.07, 6.45) is 2.94. The summed E-state index contributed by atoms with van der Waals surface area (Å²) in [7, 11) is -3.43. The Kier molecular flexibility index (Phi) is 5.80. The molecule has 0 heterocycles. The molecule has 0 aliphatic heterocycles. The largest absolute Gasteiger partial charge is 0.326 e. The molecule has 1 aromatic carbocycles. The highest BCUT2D eigenvalue weighted by atomic mass is 35.5. The van der Waals surface area contributed by atoms with Crippen LogP contribution in [0.5, 0.6) is 0 Å². The summed E-state index contributed by atoms with van der Waals surface area (Å²) in [5.74, 6) is 0.495. The molecule has 1 aliphatic carbocycles. The van der Waals surface area contributed by atoms with Crippen LogP contribution in [-0.4, -0.2) is 21.0 Å². The topological polar surface area (TPSA) is 72.2 Å². The normalized spacial score (nSPS) is 16.7. The van der Waals surface area contributed by atoms with Crippen LogP contribution in [0.4, 0.5) is 0 Å². The average molecular weight is 305 g/mol. The van der Waals surface area contributed by atoms with E-state index in [1.165, 1.54) is 0 Å². The summed E-state index contributed by atoms with van der Waals surface area (Å²) in [6.45, 7) is 2.27. The Morgan fingerprint density at radius 3 is 2.58 bits per heavy atom. The number of nitrogens with two attached hydrogens (primary N) is 1. The van der Waals surface area contributed by atoms with Gasteiger partial charge in [0, 0.05) is 12.6 Å². The number of halogens is 1. The van der Waals surface area contributed by atoms with Crippen molar-refractivity contribution in [2.24, 2.45) is 11.7 Å². The van der Waals surface area contributed by atoms with Crippen LogP contribution in [0.1, 0.15) is 25.3 Å². The molecule has 6 heteroatoms. The lowest BCUT2D eigenvalue weighted by molar-refractivity contribution is 0.547. The van der Waals surface area contributed by atoms with E-state index in [-0.39, 0.29) is 18.4 Å². The molecule has 1 unspecified atom stereocenters. The van der Waals surface area contributed by atoms with Crippen molar-refractivity contribution in [1.29, 1.82) is 0 Å². The Hall–Kier alpha value is -0.620. The third-order valence-corrected chi connectivity index (χ3v) is 4.90. The van der Waals surface area contributed by atoms with Gasteiger partial charge in [-0.3, -0.25) is 0 Å². The van der Waals surface area contributed by atoms with Gasteiger partial charge in [0.1, 0.15) is 0 Å². The van der Waals surface area contributed by atoms with Crippen molar-refractivity contribution in [1.82, 2.24) is 4.72 Å². The lowest BCUT2D eigenvalue weighted by Crippen LogP contribution is -2.38. The highest BCUT2D eigenvalue weighted by Gasteiger charge is 2.29. The van der Waals surface area contributed by atoms with Gasteiger partial charge in [0.25, 0.3) is 0 Å². The Morgan fingerprint density at radius 2 is 2.00 bits per heavy atom. The second kappa shape index (κ2) is 6.70. The van der Waals surface area contributed by atoms with E-state index in [0.29, 0.717) is 23.8 Å². The zero-order chi connectivity index (χ0) is 13.2. The summed E-state index contributed by atoms with van der Waals surface area (Å²) >= 11 is 0. The maximum atomic E-state index is 12.2. The number of nitrogens with one attached hydrogen (secondary N) is 1. The minimum absolute atomic E-state index is 0. The molecule has 4 nitrogen and oxygen atoms in total. The maximum Gasteiger partial charge on any atom is 0.240 e. The molecule has 3 N–H and O–H groups in total. The van der Waals surface area contributed by atoms with Crippen LogP contribution in [0.25, 0.3) is 0 Å². The zero-order valence-electron chi connectivity index (χ0n) is 11.0. The molecule has 0 spiro atoms. The van der Waals surface area contributed by atoms with Gasteiger partial charge < -0.3 is 5.73 Å². The lowest BCUT2D eigenvalue weighted by atomic mass is 10.2. The fraction of sp³-hybridized carbons (Fsp3) is 0.538. The van der Waals surface area contributed by atoms with Crippen molar-refractivity contribution in [3.05, 3.63) is 29.8 Å². The predicted octanol–water partition coefficient (Wildman–Crippen LogP) is 1.69. The molecule has 1 fully saturated rings. The van der Waals surface area contributed by atoms with Crippen molar-refractivity contribution in [2.75, 3.05) is 6.54 Å². The van der Waals surface area contributed by atoms with Gasteiger partial charge in [-0.2, -0.15) is 0 Å². The molecule has 1 aliphatic rings. The van der Waals surface area contributed by atoms with E-state index in [2.05, 4.69) is 4.72 Å². The number of aryl methyl sites for hydroxylation is 1. The monoisotopic (exact) mass is 304 g/mol. The van der Waals surface area contributed by atoms with E-state index in [9.17, 15) is 8.42 Å². The minimum Gasteiger partial charge on any atom is -0.326 e. The molecule has 0 bridgehead atoms. The molecule has 0 amide bonds. The number of hydrogen-bond acceptors (Lipinski definition) is 3. The third-order valence-electron chi connectivity index (χ3n) is 3.38. The van der Waals surface area contributed by atoms with Crippen molar-refractivity contribution >= 4 is 22.4 Å². The summed E-state index contributed by atoms with van der Waals surface area (Å²) in [5.41, 5.74) is 6.75. The summed E-state index contributed by atoms with van der Waals surface area (Å²) in [6, 6.07) is 7.02. The summed E-state index contributed by atoms with van der Waals surface area (Å²) in [5, 5.41) is 0. The van der Waals surface area contributed by atoms with Gasteiger partial charge in [-0.1, -0.05) is 25.1 Å². The fourth-order valence-electron chi connectivity index (χ4n) is 2.03. The van der Waals surface area contributed by atoms with Crippen LogP contribution in [0, 0.1) is 5.92 Å². The molecule has 0 saturated heterocycles. The number of rotatable bonds is 6. The Balaban J connectivity index is 0.00000180. The van der Waals surface area contributed by atoms with Crippen LogP contribution in [0.3, 0.4) is 0 Å². The number of benzene rings is 1. The lowest BCUT2D eigenvalue weighted by Gasteiger charge is -2.13. The van der Waals surface area contributed by atoms with E-state index >= 15 is 0 Å². The zero-order valence-corrected chi connectivity index (χ0v) is 12.6. The van der Waals surface area contributed by atoms with E-state index in [1.807, 2.05) is 19.1 Å². The molecule has 2 rings (SSSR count). The SMILES string of the molecule is CCc1ccccc1S(=O)(=O)NCC(N)C1CC1.Cl. The van der Waals surface area contributed by atoms with E-state index in [0.717, 1.165) is 18.4 Å². The first-order valence-corrected chi connectivity index (χ1v) is 7.86. The maximum absolute atomic E-state index is 12.2. The van der Waals surface area contributed by atoms with Crippen LogP contribution < -0.4 is 10.5 Å². The van der Waals surface area contributed by atoms with E-state index in [1.54, 1.807) is 12.1 Å². The Bertz CT molecular complexity index is 515. The molecular weight excluding hydrogens is 284 g/mol. The van der Waals surface area contributed by atoms with E-state index < -0.39 is 10.0 Å². The second-order valence-corrected chi connectivity index (χ2v) is 6.55. The van der Waals surface area contributed by atoms with Gasteiger partial charge in [0.2, 0.25) is 10.0 Å². The van der Waals surface area contributed by atoms with Crippen molar-refractivity contribution in [3.8, 4) is 0 Å². The first-order chi connectivity index (χ1) is 8.54. The first kappa shape index (κ1) is 16.4. The molecule has 0 radical (unpaired) electrons. The second-order valence-electron chi connectivity index (χ2n) is 4.81. The first-order valence-electron chi connectivity index (χ1n) is 6.37. The highest BCUT2D eigenvalue weighted by Crippen LogP contribution is 2.31. The number of hydrogen-bond donors (Lipinski definition) is 2. The van der Waals surface area contributed by atoms with Gasteiger partial charge >= 0.3 is 0 Å². The fourth-order valence-corrected chi connectivity index (χ4v) is 3.42. The smallest absolute Gasteiger partial charge is 0.240 e. The van der Waals surface area contributed by atoms with Crippen LogP contribution in [0.15, 0.2) is 29.2 Å². The molecular formula is C13H21ClN2O2S. The quantitative estimate of drug-likeness (QED) is 0.840. The van der Waals surface area contributed by atoms with Crippen LogP contribution >= 0.6 is 12.4 Å². The van der Waals surface area contributed by atoms with Crippen molar-refractivity contribution in [3.63, 3.8) is 0 Å². The van der Waals surface area contributed by atoms with Crippen LogP contribution in [0.2, 0.25) is 0 Å². The standard InChI is InChI=1S/C13H20N2O2S.ClH/c1-2-10-5-3-4-6-13(10)18(16,17)15-9-12(14)11-7-8-11;/h3-6,11-12,15H,2,7-9,14H2,1H3;1H. The van der Waals surface area contributed by atoms with Crippen LogP contribution in [-0.2, 0) is 16.4 Å².